The van der Waals surface area contributed by atoms with Crippen LogP contribution >= 0.6 is 33.2 Å². The molecule has 450 valence electrons. The molecule has 0 radical (unpaired) electrons. The van der Waals surface area contributed by atoms with Gasteiger partial charge in [0.25, 0.3) is 0 Å². The summed E-state index contributed by atoms with van der Waals surface area (Å²) in [4.78, 5) is 138. The maximum absolute atomic E-state index is 14.8. The zero-order chi connectivity index (χ0) is 61.2. The average Bonchev–Trinajstić information content (AvgIpc) is 2.59. The van der Waals surface area contributed by atoms with Gasteiger partial charge in [-0.15, -0.1) is 0 Å². The minimum absolute atomic E-state index is 0.0162. The summed E-state index contributed by atoms with van der Waals surface area (Å²) in [5, 5.41) is 61.0. The minimum Gasteiger partial charge on any atom is -0.508 e. The molecule has 0 aromatic heterocycles. The Labute approximate surface area is 494 Å². The van der Waals surface area contributed by atoms with Crippen LogP contribution in [-0.4, -0.2) is 158 Å². The molecule has 2 aliphatic heterocycles. The van der Waals surface area contributed by atoms with Gasteiger partial charge in [0.1, 0.15) is 53.8 Å². The molecule has 2 fully saturated rings. The molecule has 4 aromatic rings. The molecule has 20 N–H and O–H groups in total. The Morgan fingerprint density at radius 1 is 0.643 bits per heavy atom. The third-order valence-corrected chi connectivity index (χ3v) is 16.7. The molecule has 0 saturated carbocycles. The first-order chi connectivity index (χ1) is 40.0. The van der Waals surface area contributed by atoms with Crippen LogP contribution in [0.15, 0.2) is 97.1 Å². The number of carboxylic acids is 1. The summed E-state index contributed by atoms with van der Waals surface area (Å²) in [6, 6.07) is 10.1. The van der Waals surface area contributed by atoms with Gasteiger partial charge in [-0.25, -0.2) is 0 Å². The highest BCUT2D eigenvalue weighted by atomic mass is 35.5. The lowest BCUT2D eigenvalue weighted by Gasteiger charge is -2.40. The van der Waals surface area contributed by atoms with E-state index in [1.807, 2.05) is 0 Å². The number of anilines is 1. The lowest BCUT2D eigenvalue weighted by atomic mass is 9.94. The van der Waals surface area contributed by atoms with E-state index in [0.29, 0.717) is 33.7 Å². The number of nitrogens with one attached hydrogen (secondary N) is 8. The molecular weight excluding hydrogens is 1150 g/mol. The number of fused-ring (bicyclic) bond motifs is 2. The summed E-state index contributed by atoms with van der Waals surface area (Å²) in [5.41, 5.74) is 25.7. The van der Waals surface area contributed by atoms with Gasteiger partial charge in [0.2, 0.25) is 53.2 Å². The van der Waals surface area contributed by atoms with E-state index >= 15 is 0 Å². The number of halogens is 1. The fourth-order valence-corrected chi connectivity index (χ4v) is 12.0. The maximum Gasteiger partial charge on any atom is 0.305 e. The second kappa shape index (κ2) is 31.1. The summed E-state index contributed by atoms with van der Waals surface area (Å²) in [6.07, 6.45) is -2.77. The van der Waals surface area contributed by atoms with Crippen LogP contribution in [0.4, 0.5) is 5.69 Å². The van der Waals surface area contributed by atoms with Gasteiger partial charge in [-0.3, -0.25) is 47.9 Å². The monoisotopic (exact) mass is 1220 g/mol. The van der Waals surface area contributed by atoms with Crippen LogP contribution in [0.25, 0.3) is 0 Å². The van der Waals surface area contributed by atoms with Crippen LogP contribution in [0.5, 0.6) is 11.5 Å². The average molecular weight is 1220 g/mol. The van der Waals surface area contributed by atoms with Crippen molar-refractivity contribution < 1.29 is 68.4 Å². The van der Waals surface area contributed by atoms with Gasteiger partial charge in [0.15, 0.2) is 0 Å². The zero-order valence-electron chi connectivity index (χ0n) is 45.0. The van der Waals surface area contributed by atoms with Crippen LogP contribution in [0.3, 0.4) is 0 Å². The molecule has 11 atom stereocenters. The number of aromatic hydroxyl groups is 2. The van der Waals surface area contributed by atoms with Crippen molar-refractivity contribution >= 4 is 98.0 Å². The molecule has 0 spiro atoms. The van der Waals surface area contributed by atoms with E-state index in [1.165, 1.54) is 72.8 Å². The number of aliphatic carboxylic acids is 1. The van der Waals surface area contributed by atoms with E-state index in [2.05, 4.69) is 42.5 Å². The highest BCUT2D eigenvalue weighted by Gasteiger charge is 2.49. The van der Waals surface area contributed by atoms with E-state index in [9.17, 15) is 63.3 Å². The molecule has 6 rings (SSSR count). The predicted molar refractivity (Wildman–Crippen MR) is 311 cm³/mol. The number of phenolic OH excluding ortho intramolecular Hbond substituents is 2. The summed E-state index contributed by atoms with van der Waals surface area (Å²) >= 11 is 6.08. The molecule has 4 aromatic carbocycles. The van der Waals surface area contributed by atoms with Gasteiger partial charge >= 0.3 is 5.97 Å². The summed E-state index contributed by atoms with van der Waals surface area (Å²) in [5.74, 6) is -10.3. The second-order valence-corrected chi connectivity index (χ2v) is 23.1. The Morgan fingerprint density at radius 2 is 1.17 bits per heavy atom. The number of benzene rings is 4. The fourth-order valence-electron chi connectivity index (χ4n) is 8.91. The minimum atomic E-state index is -1.92. The van der Waals surface area contributed by atoms with Crippen molar-refractivity contribution in [2.45, 2.75) is 117 Å². The van der Waals surface area contributed by atoms with Crippen molar-refractivity contribution in [3.05, 3.63) is 124 Å². The Hall–Kier alpha value is -7.99. The van der Waals surface area contributed by atoms with E-state index in [-0.39, 0.29) is 68.0 Å². The van der Waals surface area contributed by atoms with Crippen LogP contribution < -0.4 is 65.5 Å². The van der Waals surface area contributed by atoms with Gasteiger partial charge in [-0.1, -0.05) is 81.7 Å². The standard InChI is InChI=1S/C55H67ClN12O14S2/c56-31-12-4-27(5-13-31)21-35(58)49(76)66-41-26-83-84-46-44(55(82)63-38(47(60)74)22-29-8-16-33(69)17-9-29)68-54(81)43(45(46)73)67-50(77)37(3-1-2-20-57)62-51(78)39(23-28-6-14-32(15-7-28)61-48(75)36(59)25-42(71)72)64-52(79)40(65-53(41)80)24-30-10-18-34(70)19-11-30/h4-19,35-41,43-46,69-70,73H,1-3,20-26,57-59H2,(H2,60,74)(H,61,75)(H,62,78)(H,63,82)(H,64,79)(H,65,80)(H,66,76)(H,67,77)(H,68,81)(H,71,72)/t35-,36-,37-,38+,39+,40-,41+,43-,44-,45-,46?/m0/s1. The largest absolute Gasteiger partial charge is 0.508 e. The molecular formula is C55H67ClN12O14S2. The van der Waals surface area contributed by atoms with Crippen LogP contribution in [-0.2, 0) is 73.6 Å². The number of carboxylic acid groups (broad SMARTS) is 1. The highest BCUT2D eigenvalue weighted by molar-refractivity contribution is 8.77. The lowest BCUT2D eigenvalue weighted by Crippen LogP contribution is -2.71. The Morgan fingerprint density at radius 3 is 1.74 bits per heavy atom. The molecule has 0 aliphatic carbocycles. The first-order valence-electron chi connectivity index (χ1n) is 26.5. The van der Waals surface area contributed by atoms with Crippen molar-refractivity contribution in [1.82, 2.24) is 37.2 Å². The topological polar surface area (TPSA) is 452 Å². The number of carbonyl (C=O) groups is 10. The maximum atomic E-state index is 14.8. The number of carbonyl (C=O) groups excluding carboxylic acids is 9. The molecule has 2 heterocycles. The summed E-state index contributed by atoms with van der Waals surface area (Å²) in [7, 11) is 1.61. The molecule has 2 saturated heterocycles. The van der Waals surface area contributed by atoms with E-state index < -0.39 is 131 Å². The normalized spacial score (nSPS) is 22.6. The van der Waals surface area contributed by atoms with Gasteiger partial charge in [0, 0.05) is 35.7 Å². The van der Waals surface area contributed by atoms with Crippen LogP contribution in [0.1, 0.15) is 47.9 Å². The van der Waals surface area contributed by atoms with E-state index in [4.69, 9.17) is 39.6 Å². The number of rotatable bonds is 21. The summed E-state index contributed by atoms with van der Waals surface area (Å²) < 4.78 is 0. The van der Waals surface area contributed by atoms with Crippen LogP contribution in [0.2, 0.25) is 5.02 Å². The zero-order valence-corrected chi connectivity index (χ0v) is 47.4. The lowest BCUT2D eigenvalue weighted by molar-refractivity contribution is -0.140. The van der Waals surface area contributed by atoms with Crippen molar-refractivity contribution in [3.63, 3.8) is 0 Å². The highest BCUT2D eigenvalue weighted by Crippen LogP contribution is 2.35. The molecule has 1 unspecified atom stereocenters. The predicted octanol–water partition coefficient (Wildman–Crippen LogP) is -1.76. The number of primary amides is 1. The third-order valence-electron chi connectivity index (χ3n) is 13.6. The fraction of sp³-hybridized carbons (Fsp3) is 0.382. The third kappa shape index (κ3) is 19.3. The van der Waals surface area contributed by atoms with E-state index in [0.717, 1.165) is 21.6 Å². The number of aliphatic hydroxyl groups is 1. The van der Waals surface area contributed by atoms with Crippen molar-refractivity contribution in [2.24, 2.45) is 22.9 Å². The molecule has 2 aliphatic rings. The van der Waals surface area contributed by atoms with Crippen molar-refractivity contribution in [2.75, 3.05) is 17.6 Å². The number of amides is 9. The first-order valence-corrected chi connectivity index (χ1v) is 29.3. The molecule has 26 nitrogen and oxygen atoms in total. The Kier molecular flexibility index (Phi) is 24.1. The van der Waals surface area contributed by atoms with E-state index in [1.54, 1.807) is 24.3 Å². The first kappa shape index (κ1) is 65.2. The molecule has 84 heavy (non-hydrogen) atoms. The van der Waals surface area contributed by atoms with Crippen molar-refractivity contribution in [3.8, 4) is 11.5 Å². The second-order valence-electron chi connectivity index (χ2n) is 20.1. The van der Waals surface area contributed by atoms with Gasteiger partial charge in [-0.05, 0) is 103 Å². The number of piperidine rings is 1. The quantitative estimate of drug-likeness (QED) is 0.0324. The number of unbranched alkanes of at least 4 members (excludes halogenated alkanes) is 1. The molecule has 9 amide bonds. The number of nitrogens with two attached hydrogens (primary N) is 4. The van der Waals surface area contributed by atoms with Gasteiger partial charge in [-0.2, -0.15) is 0 Å². The van der Waals surface area contributed by atoms with Crippen molar-refractivity contribution in [1.29, 1.82) is 0 Å². The SMILES string of the molecule is NCCCC[C@@H]1NC(=O)[C@@H](Cc2ccc(NC(=O)[C@@H](N)CC(=O)O)cc2)NC(=O)[C@H](Cc2ccc(O)cc2)NC(=O)[C@H](NC(=O)[C@@H](N)Cc2ccc(Cl)cc2)CSSC2[C@@H](C(=O)N[C@H](Cc3ccc(O)cc3)C(N)=O)NC(=O)[C@@H](NC1=O)[C@@H]2O. The van der Waals surface area contributed by atoms with Gasteiger partial charge in [0.05, 0.1) is 29.9 Å². The number of hydrogen-bond acceptors (Lipinski definition) is 18. The number of aliphatic hydroxyl groups excluding tert-OH is 1. The number of phenols is 2. The van der Waals surface area contributed by atoms with Crippen LogP contribution in [0, 0.1) is 0 Å². The summed E-state index contributed by atoms with van der Waals surface area (Å²) in [6.45, 7) is 0.188. The Bertz CT molecular complexity index is 3000. The smallest absolute Gasteiger partial charge is 0.305 e. The Balaban J connectivity index is 1.39. The van der Waals surface area contributed by atoms with Gasteiger partial charge < -0.3 is 85.9 Å². The molecule has 2 bridgehead atoms. The number of hydrogen-bond donors (Lipinski definition) is 16. The molecule has 29 heteroatoms.